The van der Waals surface area contributed by atoms with Crippen LogP contribution in [0.25, 0.3) is 0 Å². The van der Waals surface area contributed by atoms with Crippen molar-refractivity contribution in [2.24, 2.45) is 0 Å². The number of aliphatic hydroxyl groups excluding tert-OH is 2. The molecule has 2 unspecified atom stereocenters. The lowest BCUT2D eigenvalue weighted by Gasteiger charge is -2.04. The molecule has 0 aromatic heterocycles. The van der Waals surface area contributed by atoms with Crippen LogP contribution in [-0.2, 0) is 0 Å². The van der Waals surface area contributed by atoms with Crippen LogP contribution in [0.2, 0.25) is 0 Å². The summed E-state index contributed by atoms with van der Waals surface area (Å²) >= 11 is 2.90. The lowest BCUT2D eigenvalue weighted by molar-refractivity contribution is 0.0705. The van der Waals surface area contributed by atoms with Crippen molar-refractivity contribution in [2.75, 3.05) is 5.33 Å². The molecule has 0 aromatic carbocycles. The van der Waals surface area contributed by atoms with Crippen LogP contribution < -0.4 is 0 Å². The Hall–Kier alpha value is -0.110. The molecule has 0 aliphatic rings. The molecule has 0 saturated carbocycles. The van der Waals surface area contributed by atoms with Gasteiger partial charge in [-0.05, 0) is 0 Å². The van der Waals surface area contributed by atoms with Crippen LogP contribution in [0.5, 0.6) is 0 Å². The largest absolute Gasteiger partial charge is 0.388 e. The topological polar surface area (TPSA) is 64.2 Å². The van der Waals surface area contributed by atoms with Gasteiger partial charge in [-0.25, -0.2) is 0 Å². The highest BCUT2D eigenvalue weighted by molar-refractivity contribution is 9.09. The van der Waals surface area contributed by atoms with Gasteiger partial charge in [0, 0.05) is 5.33 Å². The van der Waals surface area contributed by atoms with Crippen molar-refractivity contribution < 1.29 is 10.2 Å². The zero-order valence-electron chi connectivity index (χ0n) is 4.08. The number of nitrogens with zero attached hydrogens (tertiary/aromatic N) is 1. The second kappa shape index (κ2) is 3.84. The van der Waals surface area contributed by atoms with E-state index in [9.17, 15) is 0 Å². The maximum Gasteiger partial charge on any atom is 0.167 e. The van der Waals surface area contributed by atoms with E-state index in [-0.39, 0.29) is 5.33 Å². The van der Waals surface area contributed by atoms with Crippen LogP contribution in [0.3, 0.4) is 0 Å². The van der Waals surface area contributed by atoms with Crippen LogP contribution in [0.4, 0.5) is 0 Å². The number of hydrogen-bond acceptors (Lipinski definition) is 3. The Morgan fingerprint density at radius 1 is 1.62 bits per heavy atom. The van der Waals surface area contributed by atoms with Gasteiger partial charge in [-0.1, -0.05) is 15.9 Å². The quantitative estimate of drug-likeness (QED) is 0.450. The van der Waals surface area contributed by atoms with Gasteiger partial charge in [0.05, 0.1) is 6.07 Å². The summed E-state index contributed by atoms with van der Waals surface area (Å²) in [7, 11) is 0. The minimum Gasteiger partial charge on any atom is -0.388 e. The van der Waals surface area contributed by atoms with Crippen molar-refractivity contribution in [3.63, 3.8) is 0 Å². The van der Waals surface area contributed by atoms with E-state index in [4.69, 9.17) is 15.5 Å². The molecule has 0 aromatic rings. The molecule has 0 heterocycles. The molecule has 0 amide bonds. The first-order chi connectivity index (χ1) is 3.72. The molecule has 0 rings (SSSR count). The molecule has 0 radical (unpaired) electrons. The van der Waals surface area contributed by atoms with E-state index in [0.717, 1.165) is 0 Å². The number of alkyl halides is 1. The highest BCUT2D eigenvalue weighted by Gasteiger charge is 2.11. The second-order valence-electron chi connectivity index (χ2n) is 1.30. The molecule has 4 heteroatoms. The standard InChI is InChI=1S/C4H6BrNO2/c5-1-3(7)4(8)2-6/h3-4,7-8H,1H2. The predicted molar refractivity (Wildman–Crippen MR) is 31.4 cm³/mol. The van der Waals surface area contributed by atoms with Gasteiger partial charge in [-0.15, -0.1) is 0 Å². The van der Waals surface area contributed by atoms with Gasteiger partial charge in [0.1, 0.15) is 6.10 Å². The molecule has 2 atom stereocenters. The Morgan fingerprint density at radius 3 is 2.25 bits per heavy atom. The van der Waals surface area contributed by atoms with E-state index in [1.807, 2.05) is 0 Å². The van der Waals surface area contributed by atoms with E-state index < -0.39 is 12.2 Å². The highest BCUT2D eigenvalue weighted by Crippen LogP contribution is 1.94. The normalized spacial score (nSPS) is 16.8. The Balaban J connectivity index is 3.49. The van der Waals surface area contributed by atoms with E-state index in [0.29, 0.717) is 0 Å². The minimum atomic E-state index is -1.27. The van der Waals surface area contributed by atoms with E-state index in [1.165, 1.54) is 6.07 Å². The predicted octanol–water partition coefficient (Wildman–Crippen LogP) is -0.373. The number of rotatable bonds is 2. The maximum absolute atomic E-state index is 8.61. The van der Waals surface area contributed by atoms with Crippen LogP contribution in [0.1, 0.15) is 0 Å². The fourth-order valence-electron chi connectivity index (χ4n) is 0.170. The second-order valence-corrected chi connectivity index (χ2v) is 1.94. The summed E-state index contributed by atoms with van der Waals surface area (Å²) in [6.45, 7) is 0. The Labute approximate surface area is 55.7 Å². The summed E-state index contributed by atoms with van der Waals surface area (Å²) in [5.74, 6) is 0. The zero-order chi connectivity index (χ0) is 6.57. The van der Waals surface area contributed by atoms with Gasteiger partial charge in [-0.3, -0.25) is 0 Å². The number of hydrogen-bond donors (Lipinski definition) is 2. The first-order valence-corrected chi connectivity index (χ1v) is 3.16. The van der Waals surface area contributed by atoms with Gasteiger partial charge in [-0.2, -0.15) is 5.26 Å². The molecule has 0 bridgehead atoms. The molecular weight excluding hydrogens is 174 g/mol. The highest BCUT2D eigenvalue weighted by atomic mass is 79.9. The van der Waals surface area contributed by atoms with E-state index in [2.05, 4.69) is 15.9 Å². The summed E-state index contributed by atoms with van der Waals surface area (Å²) in [6, 6.07) is 1.49. The van der Waals surface area contributed by atoms with Crippen molar-refractivity contribution in [3.05, 3.63) is 0 Å². The summed E-state index contributed by atoms with van der Waals surface area (Å²) in [4.78, 5) is 0. The molecule has 46 valence electrons. The summed E-state index contributed by atoms with van der Waals surface area (Å²) in [5.41, 5.74) is 0. The average molecular weight is 180 g/mol. The summed E-state index contributed by atoms with van der Waals surface area (Å²) in [6.07, 6.45) is -2.24. The van der Waals surface area contributed by atoms with Crippen LogP contribution in [-0.4, -0.2) is 27.8 Å². The third-order valence-electron chi connectivity index (χ3n) is 0.655. The van der Waals surface area contributed by atoms with Crippen molar-refractivity contribution >= 4 is 15.9 Å². The lowest BCUT2D eigenvalue weighted by Crippen LogP contribution is -2.25. The first-order valence-electron chi connectivity index (χ1n) is 2.04. The monoisotopic (exact) mass is 179 g/mol. The molecular formula is C4H6BrNO2. The number of aliphatic hydroxyl groups is 2. The summed E-state index contributed by atoms with van der Waals surface area (Å²) < 4.78 is 0. The fourth-order valence-corrected chi connectivity index (χ4v) is 0.525. The third-order valence-corrected chi connectivity index (χ3v) is 1.32. The van der Waals surface area contributed by atoms with Crippen LogP contribution >= 0.6 is 15.9 Å². The SMILES string of the molecule is N#CC(O)C(O)CBr. The molecule has 0 fully saturated rings. The van der Waals surface area contributed by atoms with Gasteiger partial charge in [0.2, 0.25) is 0 Å². The van der Waals surface area contributed by atoms with Crippen molar-refractivity contribution in [1.29, 1.82) is 5.26 Å². The average Bonchev–Trinajstić information content (AvgIpc) is 1.84. The maximum atomic E-state index is 8.61. The van der Waals surface area contributed by atoms with Gasteiger partial charge in [0.25, 0.3) is 0 Å². The molecule has 2 N–H and O–H groups in total. The number of nitriles is 1. The molecule has 0 aliphatic carbocycles. The summed E-state index contributed by atoms with van der Waals surface area (Å²) in [5, 5.41) is 25.3. The first kappa shape index (κ1) is 7.89. The minimum absolute atomic E-state index is 0.224. The molecule has 0 aliphatic heterocycles. The van der Waals surface area contributed by atoms with Crippen molar-refractivity contribution in [3.8, 4) is 6.07 Å². The smallest absolute Gasteiger partial charge is 0.167 e. The third kappa shape index (κ3) is 2.26. The van der Waals surface area contributed by atoms with E-state index >= 15 is 0 Å². The Morgan fingerprint density at radius 2 is 2.12 bits per heavy atom. The zero-order valence-corrected chi connectivity index (χ0v) is 5.67. The number of halogens is 1. The van der Waals surface area contributed by atoms with E-state index in [1.54, 1.807) is 0 Å². The van der Waals surface area contributed by atoms with Crippen LogP contribution in [0, 0.1) is 11.3 Å². The van der Waals surface area contributed by atoms with Crippen molar-refractivity contribution in [1.82, 2.24) is 0 Å². The van der Waals surface area contributed by atoms with Crippen molar-refractivity contribution in [2.45, 2.75) is 12.2 Å². The molecule has 0 saturated heterocycles. The van der Waals surface area contributed by atoms with Gasteiger partial charge < -0.3 is 10.2 Å². The molecule has 3 nitrogen and oxygen atoms in total. The Kier molecular flexibility index (Phi) is 3.79. The van der Waals surface area contributed by atoms with Crippen LogP contribution in [0.15, 0.2) is 0 Å². The lowest BCUT2D eigenvalue weighted by atomic mass is 10.3. The van der Waals surface area contributed by atoms with Gasteiger partial charge >= 0.3 is 0 Å². The molecule has 0 spiro atoms. The molecule has 8 heavy (non-hydrogen) atoms. The van der Waals surface area contributed by atoms with Gasteiger partial charge in [0.15, 0.2) is 6.10 Å². The fraction of sp³-hybridized carbons (Fsp3) is 0.750. The Bertz CT molecular complexity index is 101.